The van der Waals surface area contributed by atoms with Gasteiger partial charge in [0.1, 0.15) is 5.82 Å². The normalized spacial score (nSPS) is 36.7. The van der Waals surface area contributed by atoms with E-state index in [9.17, 15) is 9.18 Å². The number of carbonyl (C=O) groups excluding carboxylic acids is 1. The van der Waals surface area contributed by atoms with Crippen LogP contribution in [0.25, 0.3) is 0 Å². The molecule has 0 saturated heterocycles. The fourth-order valence-electron chi connectivity index (χ4n) is 5.22. The van der Waals surface area contributed by atoms with E-state index in [1.54, 1.807) is 6.07 Å². The number of rotatable bonds is 2. The molecule has 1 aromatic carbocycles. The lowest BCUT2D eigenvalue weighted by Gasteiger charge is -2.53. The Labute approximate surface area is 124 Å². The van der Waals surface area contributed by atoms with Crippen molar-refractivity contribution in [3.8, 4) is 0 Å². The molecule has 4 saturated carbocycles. The maximum absolute atomic E-state index is 13.1. The number of benzene rings is 1. The van der Waals surface area contributed by atoms with Crippen LogP contribution in [0.2, 0.25) is 0 Å². The first kappa shape index (κ1) is 13.1. The van der Waals surface area contributed by atoms with Crippen LogP contribution in [0.3, 0.4) is 0 Å². The van der Waals surface area contributed by atoms with Crippen LogP contribution in [0.15, 0.2) is 18.2 Å². The Kier molecular flexibility index (Phi) is 2.95. The molecule has 0 spiro atoms. The molecule has 1 aromatic rings. The van der Waals surface area contributed by atoms with Gasteiger partial charge in [-0.25, -0.2) is 4.39 Å². The summed E-state index contributed by atoms with van der Waals surface area (Å²) in [5, 5.41) is 2.93. The van der Waals surface area contributed by atoms with Gasteiger partial charge in [-0.2, -0.15) is 0 Å². The summed E-state index contributed by atoms with van der Waals surface area (Å²) < 4.78 is 13.1. The van der Waals surface area contributed by atoms with Gasteiger partial charge >= 0.3 is 0 Å². The van der Waals surface area contributed by atoms with Gasteiger partial charge in [0.25, 0.3) is 0 Å². The van der Waals surface area contributed by atoms with Crippen LogP contribution in [0, 0.1) is 35.4 Å². The zero-order valence-corrected chi connectivity index (χ0v) is 12.0. The zero-order valence-electron chi connectivity index (χ0n) is 12.0. The van der Waals surface area contributed by atoms with Gasteiger partial charge in [0.05, 0.1) is 11.4 Å². The minimum atomic E-state index is -0.375. The molecule has 0 radical (unpaired) electrons. The van der Waals surface area contributed by atoms with Crippen LogP contribution in [-0.2, 0) is 4.79 Å². The summed E-state index contributed by atoms with van der Waals surface area (Å²) in [6, 6.07) is 4.15. The highest BCUT2D eigenvalue weighted by Crippen LogP contribution is 2.56. The highest BCUT2D eigenvalue weighted by Gasteiger charge is 2.50. The number of carbonyl (C=O) groups is 1. The number of hydrogen-bond donors (Lipinski definition) is 2. The van der Waals surface area contributed by atoms with E-state index in [4.69, 9.17) is 5.73 Å². The van der Waals surface area contributed by atoms with Crippen LogP contribution >= 0.6 is 0 Å². The standard InChI is InChI=1S/C17H21FN2O/c18-13-1-2-15(14(19)8-13)20-17(21)16-11-4-9-3-10(6-11)7-12(16)5-9/h1-2,8-12,16H,3-7,19H2,(H,20,21). The fraction of sp³-hybridized carbons (Fsp3) is 0.588. The predicted molar refractivity (Wildman–Crippen MR) is 80.0 cm³/mol. The van der Waals surface area contributed by atoms with E-state index in [-0.39, 0.29) is 17.6 Å². The Morgan fingerprint density at radius 3 is 2.29 bits per heavy atom. The summed E-state index contributed by atoms with van der Waals surface area (Å²) in [6.45, 7) is 0. The summed E-state index contributed by atoms with van der Waals surface area (Å²) in [5.41, 5.74) is 6.62. The van der Waals surface area contributed by atoms with E-state index in [1.165, 1.54) is 44.2 Å². The summed E-state index contributed by atoms with van der Waals surface area (Å²) >= 11 is 0. The Bertz CT molecular complexity index is 558. The topological polar surface area (TPSA) is 55.1 Å². The Balaban J connectivity index is 1.52. The number of amides is 1. The molecule has 21 heavy (non-hydrogen) atoms. The zero-order chi connectivity index (χ0) is 14.6. The molecule has 0 unspecified atom stereocenters. The third-order valence-electron chi connectivity index (χ3n) is 5.80. The maximum Gasteiger partial charge on any atom is 0.228 e. The second-order valence-electron chi connectivity index (χ2n) is 7.18. The summed E-state index contributed by atoms with van der Waals surface area (Å²) in [4.78, 5) is 12.7. The van der Waals surface area contributed by atoms with Crippen LogP contribution < -0.4 is 11.1 Å². The Morgan fingerprint density at radius 1 is 1.10 bits per heavy atom. The first-order valence-electron chi connectivity index (χ1n) is 7.96. The third-order valence-corrected chi connectivity index (χ3v) is 5.80. The lowest BCUT2D eigenvalue weighted by atomic mass is 9.51. The Hall–Kier alpha value is -1.58. The van der Waals surface area contributed by atoms with Crippen molar-refractivity contribution in [3.05, 3.63) is 24.0 Å². The molecule has 4 heteroatoms. The van der Waals surface area contributed by atoms with Gasteiger partial charge in [0.2, 0.25) is 5.91 Å². The first-order valence-corrected chi connectivity index (χ1v) is 7.96. The van der Waals surface area contributed by atoms with E-state index < -0.39 is 0 Å². The van der Waals surface area contributed by atoms with Crippen LogP contribution in [0.1, 0.15) is 32.1 Å². The van der Waals surface area contributed by atoms with Gasteiger partial charge < -0.3 is 11.1 Å². The molecule has 0 heterocycles. The summed E-state index contributed by atoms with van der Waals surface area (Å²) in [5.74, 6) is 2.63. The number of halogens is 1. The van der Waals surface area contributed by atoms with Gasteiger partial charge in [0.15, 0.2) is 0 Å². The van der Waals surface area contributed by atoms with Crippen LogP contribution in [0.4, 0.5) is 15.8 Å². The van der Waals surface area contributed by atoms with Crippen molar-refractivity contribution in [1.29, 1.82) is 0 Å². The molecule has 4 aliphatic carbocycles. The van der Waals surface area contributed by atoms with Gasteiger partial charge in [-0.15, -0.1) is 0 Å². The molecule has 1 amide bonds. The monoisotopic (exact) mass is 288 g/mol. The quantitative estimate of drug-likeness (QED) is 0.819. The number of hydrogen-bond acceptors (Lipinski definition) is 2. The number of nitrogen functional groups attached to an aromatic ring is 1. The van der Waals surface area contributed by atoms with E-state index >= 15 is 0 Å². The SMILES string of the molecule is Nc1cc(F)ccc1NC(=O)C1C2CC3CC(C2)CC1C3. The average molecular weight is 288 g/mol. The minimum Gasteiger partial charge on any atom is -0.397 e. The number of nitrogens with one attached hydrogen (secondary N) is 1. The van der Waals surface area contributed by atoms with Crippen molar-refractivity contribution in [3.63, 3.8) is 0 Å². The lowest BCUT2D eigenvalue weighted by molar-refractivity contribution is -0.132. The molecule has 0 atom stereocenters. The molecule has 4 fully saturated rings. The molecule has 0 aliphatic heterocycles. The number of nitrogens with two attached hydrogens (primary N) is 1. The molecule has 0 aromatic heterocycles. The molecule has 3 N–H and O–H groups in total. The minimum absolute atomic E-state index is 0.0853. The van der Waals surface area contributed by atoms with Crippen molar-refractivity contribution >= 4 is 17.3 Å². The smallest absolute Gasteiger partial charge is 0.228 e. The second-order valence-corrected chi connectivity index (χ2v) is 7.18. The summed E-state index contributed by atoms with van der Waals surface area (Å²) in [7, 11) is 0. The van der Waals surface area contributed by atoms with Gasteiger partial charge in [-0.3, -0.25) is 4.79 Å². The second kappa shape index (κ2) is 4.72. The van der Waals surface area contributed by atoms with E-state index in [0.29, 0.717) is 23.2 Å². The highest BCUT2D eigenvalue weighted by atomic mass is 19.1. The van der Waals surface area contributed by atoms with E-state index in [1.807, 2.05) is 0 Å². The van der Waals surface area contributed by atoms with Crippen LogP contribution in [0.5, 0.6) is 0 Å². The van der Waals surface area contributed by atoms with E-state index in [2.05, 4.69) is 5.32 Å². The molecule has 4 bridgehead atoms. The largest absolute Gasteiger partial charge is 0.397 e. The maximum atomic E-state index is 13.1. The summed E-state index contributed by atoms with van der Waals surface area (Å²) in [6.07, 6.45) is 6.23. The molecule has 5 rings (SSSR count). The Morgan fingerprint density at radius 2 is 1.71 bits per heavy atom. The molecular weight excluding hydrogens is 267 g/mol. The molecular formula is C17H21FN2O. The highest BCUT2D eigenvalue weighted by molar-refractivity contribution is 5.95. The van der Waals surface area contributed by atoms with Crippen molar-refractivity contribution in [2.45, 2.75) is 32.1 Å². The third kappa shape index (κ3) is 2.21. The lowest BCUT2D eigenvalue weighted by Crippen LogP contribution is -2.49. The predicted octanol–water partition coefficient (Wildman–Crippen LogP) is 3.42. The molecule has 112 valence electrons. The number of anilines is 2. The average Bonchev–Trinajstić information content (AvgIpc) is 2.40. The molecule has 4 aliphatic rings. The van der Waals surface area contributed by atoms with Gasteiger partial charge in [-0.1, -0.05) is 0 Å². The first-order chi connectivity index (χ1) is 10.1. The van der Waals surface area contributed by atoms with E-state index in [0.717, 1.165) is 11.8 Å². The van der Waals surface area contributed by atoms with Crippen molar-refractivity contribution in [2.75, 3.05) is 11.1 Å². The molecule has 3 nitrogen and oxygen atoms in total. The van der Waals surface area contributed by atoms with Gasteiger partial charge in [0, 0.05) is 5.92 Å². The van der Waals surface area contributed by atoms with Crippen LogP contribution in [-0.4, -0.2) is 5.91 Å². The fourth-order valence-corrected chi connectivity index (χ4v) is 5.22. The van der Waals surface area contributed by atoms with Crippen molar-refractivity contribution in [1.82, 2.24) is 0 Å². The van der Waals surface area contributed by atoms with Gasteiger partial charge in [-0.05, 0) is 74.0 Å². The van der Waals surface area contributed by atoms with Crippen molar-refractivity contribution in [2.24, 2.45) is 29.6 Å². The van der Waals surface area contributed by atoms with Crippen molar-refractivity contribution < 1.29 is 9.18 Å².